The average Bonchev–Trinajstić information content (AvgIpc) is 2.93. The second kappa shape index (κ2) is 15.1. The number of amides is 4. The van der Waals surface area contributed by atoms with Gasteiger partial charge in [-0.05, 0) is 57.2 Å². The van der Waals surface area contributed by atoms with Gasteiger partial charge >= 0.3 is 24.3 Å². The van der Waals surface area contributed by atoms with E-state index in [1.54, 1.807) is 39.0 Å². The molecule has 0 saturated heterocycles. The first kappa shape index (κ1) is 34.0. The van der Waals surface area contributed by atoms with Gasteiger partial charge in [0.25, 0.3) is 11.8 Å². The number of nitrogens with zero attached hydrogens (tertiary/aromatic N) is 3. The SMILES string of the molecule is CC(=O)N(C)CC(=O)OC(OC(=O)N(C(=O)c1ccc(Cl)cc1)N(C(=O)c1ccccc1)C(C)(C)C)C(=O)OC[PH2]=O. The third-order valence-corrected chi connectivity index (χ3v) is 5.90. The Morgan fingerprint density at radius 3 is 1.98 bits per heavy atom. The van der Waals surface area contributed by atoms with Crippen LogP contribution in [0.1, 0.15) is 48.4 Å². The molecule has 2 aromatic rings. The van der Waals surface area contributed by atoms with Crippen LogP contribution >= 0.6 is 20.1 Å². The van der Waals surface area contributed by atoms with Crippen molar-refractivity contribution in [2.24, 2.45) is 0 Å². The number of carbonyl (C=O) groups is 6. The highest BCUT2D eigenvalue weighted by molar-refractivity contribution is 7.23. The van der Waals surface area contributed by atoms with E-state index in [-0.39, 0.29) is 11.1 Å². The van der Waals surface area contributed by atoms with Crippen molar-refractivity contribution < 1.29 is 47.5 Å². The van der Waals surface area contributed by atoms with Crippen LogP contribution in [-0.4, -0.2) is 82.4 Å². The zero-order valence-corrected chi connectivity index (χ0v) is 25.5. The van der Waals surface area contributed by atoms with Gasteiger partial charge in [-0.1, -0.05) is 29.8 Å². The van der Waals surface area contributed by atoms with Crippen molar-refractivity contribution in [2.45, 2.75) is 39.5 Å². The summed E-state index contributed by atoms with van der Waals surface area (Å²) in [7, 11) is -0.278. The number of carbonyl (C=O) groups excluding carboxylic acids is 6. The molecular weight excluding hydrogens is 593 g/mol. The van der Waals surface area contributed by atoms with Gasteiger partial charge in [0.1, 0.15) is 21.4 Å². The van der Waals surface area contributed by atoms with Crippen molar-refractivity contribution in [1.29, 1.82) is 0 Å². The molecule has 0 bridgehead atoms. The molecule has 0 N–H and O–H groups in total. The van der Waals surface area contributed by atoms with Gasteiger partial charge in [-0.3, -0.25) is 19.2 Å². The lowest BCUT2D eigenvalue weighted by Crippen LogP contribution is -2.61. The average molecular weight is 624 g/mol. The molecule has 226 valence electrons. The molecule has 2 unspecified atom stereocenters. The van der Waals surface area contributed by atoms with Crippen LogP contribution in [-0.2, 0) is 33.2 Å². The quantitative estimate of drug-likeness (QED) is 0.175. The topological polar surface area (TPSA) is 157 Å². The fourth-order valence-electron chi connectivity index (χ4n) is 3.28. The van der Waals surface area contributed by atoms with Gasteiger partial charge in [-0.15, -0.1) is 5.01 Å². The highest BCUT2D eigenvalue weighted by Crippen LogP contribution is 2.24. The lowest BCUT2D eigenvalue weighted by molar-refractivity contribution is -0.193. The maximum absolute atomic E-state index is 13.8. The van der Waals surface area contributed by atoms with Crippen LogP contribution in [0, 0.1) is 0 Å². The maximum atomic E-state index is 13.8. The second-order valence-corrected chi connectivity index (χ2v) is 10.8. The number of rotatable bonds is 9. The molecule has 0 spiro atoms. The fraction of sp³-hybridized carbons (Fsp3) is 0.333. The Bertz CT molecular complexity index is 1330. The molecule has 42 heavy (non-hydrogen) atoms. The molecule has 0 aliphatic rings. The first-order valence-electron chi connectivity index (χ1n) is 12.4. The van der Waals surface area contributed by atoms with Crippen LogP contribution in [0.5, 0.6) is 0 Å². The standard InChI is InChI=1S/C27H31ClN3O10P/c1-17(32)29(5)15-21(33)40-25(24(36)39-16-42-38)41-26(37)30(22(34)19-11-13-20(28)14-12-19)31(27(2,3)4)23(35)18-9-7-6-8-10-18/h6-14,25H,15-16,42H2,1-5H3. The van der Waals surface area contributed by atoms with E-state index in [1.165, 1.54) is 50.4 Å². The summed E-state index contributed by atoms with van der Waals surface area (Å²) in [4.78, 5) is 78.7. The maximum Gasteiger partial charge on any atom is 0.440 e. The number of benzene rings is 2. The normalized spacial score (nSPS) is 11.8. The molecule has 0 fully saturated rings. The molecule has 0 saturated carbocycles. The Hall–Kier alpha value is -4.22. The van der Waals surface area contributed by atoms with Crippen molar-refractivity contribution in [2.75, 3.05) is 19.9 Å². The molecule has 4 amide bonds. The van der Waals surface area contributed by atoms with Gasteiger partial charge in [-0.2, -0.15) is 0 Å². The van der Waals surface area contributed by atoms with Gasteiger partial charge in [-0.25, -0.2) is 14.6 Å². The van der Waals surface area contributed by atoms with E-state index in [4.69, 9.17) is 25.8 Å². The Labute approximate surface area is 248 Å². The smallest absolute Gasteiger partial charge is 0.440 e. The van der Waals surface area contributed by atoms with Gasteiger partial charge in [0, 0.05) is 30.1 Å². The number of hydrogen-bond donors (Lipinski definition) is 0. The minimum absolute atomic E-state index is 0.0828. The van der Waals surface area contributed by atoms with Crippen LogP contribution in [0.4, 0.5) is 4.79 Å². The number of hydrogen-bond acceptors (Lipinski definition) is 10. The minimum atomic E-state index is -2.38. The van der Waals surface area contributed by atoms with Crippen molar-refractivity contribution in [1.82, 2.24) is 14.9 Å². The van der Waals surface area contributed by atoms with E-state index in [1.807, 2.05) is 0 Å². The zero-order chi connectivity index (χ0) is 31.6. The number of likely N-dealkylation sites (N-methyl/N-ethyl adjacent to an activating group) is 1. The first-order valence-corrected chi connectivity index (χ1v) is 14.1. The third kappa shape index (κ3) is 9.42. The summed E-state index contributed by atoms with van der Waals surface area (Å²) in [6, 6.07) is 13.2. The van der Waals surface area contributed by atoms with Crippen molar-refractivity contribution in [3.63, 3.8) is 0 Å². The lowest BCUT2D eigenvalue weighted by atomic mass is 10.1. The van der Waals surface area contributed by atoms with Crippen LogP contribution < -0.4 is 0 Å². The van der Waals surface area contributed by atoms with E-state index in [0.717, 1.165) is 9.91 Å². The van der Waals surface area contributed by atoms with Crippen molar-refractivity contribution in [3.05, 3.63) is 70.7 Å². The van der Waals surface area contributed by atoms with Crippen LogP contribution in [0.2, 0.25) is 5.02 Å². The predicted molar refractivity (Wildman–Crippen MR) is 151 cm³/mol. The zero-order valence-electron chi connectivity index (χ0n) is 23.6. The summed E-state index contributed by atoms with van der Waals surface area (Å²) in [5.74, 6) is -4.91. The predicted octanol–water partition coefficient (Wildman–Crippen LogP) is 3.38. The highest BCUT2D eigenvalue weighted by atomic mass is 35.5. The van der Waals surface area contributed by atoms with Gasteiger partial charge < -0.3 is 23.7 Å². The molecule has 0 aliphatic heterocycles. The summed E-state index contributed by atoms with van der Waals surface area (Å²) < 4.78 is 25.8. The number of hydrazine groups is 1. The number of ether oxygens (including phenoxy) is 3. The first-order chi connectivity index (χ1) is 19.7. The monoisotopic (exact) mass is 623 g/mol. The molecule has 0 aromatic heterocycles. The van der Waals surface area contributed by atoms with E-state index in [2.05, 4.69) is 0 Å². The highest BCUT2D eigenvalue weighted by Gasteiger charge is 2.43. The Balaban J connectivity index is 2.58. The molecule has 0 heterocycles. The number of esters is 2. The van der Waals surface area contributed by atoms with Crippen LogP contribution in [0.15, 0.2) is 54.6 Å². The summed E-state index contributed by atoms with van der Waals surface area (Å²) in [6.45, 7) is 5.19. The van der Waals surface area contributed by atoms with Crippen molar-refractivity contribution in [3.8, 4) is 0 Å². The van der Waals surface area contributed by atoms with Crippen molar-refractivity contribution >= 4 is 55.8 Å². The largest absolute Gasteiger partial charge is 0.453 e. The molecule has 2 rings (SSSR count). The Morgan fingerprint density at radius 1 is 0.881 bits per heavy atom. The molecule has 13 nitrogen and oxygen atoms in total. The summed E-state index contributed by atoms with van der Waals surface area (Å²) in [6.07, 6.45) is -4.53. The van der Waals surface area contributed by atoms with E-state index in [0.29, 0.717) is 10.0 Å². The molecule has 2 atom stereocenters. The molecular formula is C27H31ClN3O10P. The minimum Gasteiger partial charge on any atom is -0.453 e. The lowest BCUT2D eigenvalue weighted by Gasteiger charge is -2.41. The molecule has 0 aliphatic carbocycles. The Morgan fingerprint density at radius 2 is 1.45 bits per heavy atom. The van der Waals surface area contributed by atoms with E-state index < -0.39 is 68.9 Å². The summed E-state index contributed by atoms with van der Waals surface area (Å²) in [5.41, 5.74) is -1.21. The van der Waals surface area contributed by atoms with E-state index in [9.17, 15) is 33.3 Å². The van der Waals surface area contributed by atoms with Crippen LogP contribution in [0.25, 0.3) is 0 Å². The Kier molecular flexibility index (Phi) is 12.2. The third-order valence-electron chi connectivity index (χ3n) is 5.34. The van der Waals surface area contributed by atoms with E-state index >= 15 is 0 Å². The summed E-state index contributed by atoms with van der Waals surface area (Å²) >= 11 is 5.95. The molecule has 0 radical (unpaired) electrons. The van der Waals surface area contributed by atoms with Crippen LogP contribution in [0.3, 0.4) is 0 Å². The van der Waals surface area contributed by atoms with Gasteiger partial charge in [0.05, 0.1) is 5.54 Å². The van der Waals surface area contributed by atoms with Gasteiger partial charge in [0.15, 0.2) is 0 Å². The fourth-order valence-corrected chi connectivity index (χ4v) is 3.63. The summed E-state index contributed by atoms with van der Waals surface area (Å²) in [5, 5.41) is 1.49. The number of halogens is 1. The second-order valence-electron chi connectivity index (χ2n) is 9.65. The van der Waals surface area contributed by atoms with Gasteiger partial charge in [0.2, 0.25) is 5.91 Å². The molecule has 15 heteroatoms. The number of imide groups is 1. The molecule has 2 aromatic carbocycles.